The van der Waals surface area contributed by atoms with Crippen LogP contribution in [0.25, 0.3) is 6.08 Å². The van der Waals surface area contributed by atoms with Crippen molar-refractivity contribution in [1.82, 2.24) is 4.31 Å². The maximum Gasteiger partial charge on any atom is 0.248 e. The number of hydrogen-bond acceptors (Lipinski definition) is 3. The lowest BCUT2D eigenvalue weighted by Gasteiger charge is -2.18. The minimum absolute atomic E-state index is 0.223. The molecule has 0 bridgehead atoms. The molecule has 144 valence electrons. The summed E-state index contributed by atoms with van der Waals surface area (Å²) in [7, 11) is -3.49. The lowest BCUT2D eigenvalue weighted by atomic mass is 10.2. The Morgan fingerprint density at radius 3 is 2.26 bits per heavy atom. The fourth-order valence-electron chi connectivity index (χ4n) is 2.40. The van der Waals surface area contributed by atoms with Gasteiger partial charge in [0.15, 0.2) is 0 Å². The largest absolute Gasteiger partial charge is 0.321 e. The number of rotatable bonds is 7. The van der Waals surface area contributed by atoms with Gasteiger partial charge in [0.05, 0.1) is 15.6 Å². The molecule has 0 unspecified atom stereocenters. The van der Waals surface area contributed by atoms with Crippen molar-refractivity contribution >= 4 is 50.9 Å². The number of nitrogens with one attached hydrogen (secondary N) is 1. The molecule has 0 saturated heterocycles. The van der Waals surface area contributed by atoms with E-state index in [1.165, 1.54) is 28.6 Å². The van der Waals surface area contributed by atoms with Crippen LogP contribution in [-0.2, 0) is 14.8 Å². The SMILES string of the molecule is CCN(CC)S(=O)(=O)c1ccc(C=CC(=O)Nc2ccc(Cl)cc2Cl)cc1. The summed E-state index contributed by atoms with van der Waals surface area (Å²) in [6.45, 7) is 4.41. The number of carbonyl (C=O) groups is 1. The van der Waals surface area contributed by atoms with Crippen molar-refractivity contribution in [3.8, 4) is 0 Å². The van der Waals surface area contributed by atoms with Gasteiger partial charge >= 0.3 is 0 Å². The molecule has 2 aromatic rings. The van der Waals surface area contributed by atoms with Gasteiger partial charge in [-0.05, 0) is 42.0 Å². The fraction of sp³-hybridized carbons (Fsp3) is 0.211. The van der Waals surface area contributed by atoms with Crippen LogP contribution in [-0.4, -0.2) is 31.7 Å². The Balaban J connectivity index is 2.08. The second-order valence-electron chi connectivity index (χ2n) is 5.61. The second-order valence-corrected chi connectivity index (χ2v) is 8.39. The van der Waals surface area contributed by atoms with Gasteiger partial charge in [-0.3, -0.25) is 4.79 Å². The zero-order chi connectivity index (χ0) is 20.0. The highest BCUT2D eigenvalue weighted by molar-refractivity contribution is 7.89. The lowest BCUT2D eigenvalue weighted by Crippen LogP contribution is -2.30. The summed E-state index contributed by atoms with van der Waals surface area (Å²) in [6.07, 6.45) is 2.94. The highest BCUT2D eigenvalue weighted by Crippen LogP contribution is 2.25. The molecule has 0 heterocycles. The molecule has 0 saturated carbocycles. The first-order valence-electron chi connectivity index (χ1n) is 8.32. The van der Waals surface area contributed by atoms with E-state index in [9.17, 15) is 13.2 Å². The predicted molar refractivity (Wildman–Crippen MR) is 111 cm³/mol. The van der Waals surface area contributed by atoms with Crippen molar-refractivity contribution in [3.63, 3.8) is 0 Å². The van der Waals surface area contributed by atoms with Crippen molar-refractivity contribution in [2.45, 2.75) is 18.7 Å². The minimum Gasteiger partial charge on any atom is -0.321 e. The van der Waals surface area contributed by atoms with Crippen LogP contribution in [0.4, 0.5) is 5.69 Å². The molecule has 27 heavy (non-hydrogen) atoms. The average Bonchev–Trinajstić information content (AvgIpc) is 2.63. The molecule has 2 aromatic carbocycles. The summed E-state index contributed by atoms with van der Waals surface area (Å²) >= 11 is 11.8. The average molecular weight is 427 g/mol. The first-order chi connectivity index (χ1) is 12.8. The number of hydrogen-bond donors (Lipinski definition) is 1. The van der Waals surface area contributed by atoms with E-state index in [1.807, 2.05) is 0 Å². The molecule has 2 rings (SSSR count). The van der Waals surface area contributed by atoms with Gasteiger partial charge in [0.2, 0.25) is 15.9 Å². The molecule has 1 N–H and O–H groups in total. The van der Waals surface area contributed by atoms with Gasteiger partial charge in [0.1, 0.15) is 0 Å². The number of amides is 1. The van der Waals surface area contributed by atoms with E-state index in [-0.39, 0.29) is 10.8 Å². The Labute approximate surface area is 169 Å². The van der Waals surface area contributed by atoms with Gasteiger partial charge in [-0.15, -0.1) is 0 Å². The van der Waals surface area contributed by atoms with Crippen LogP contribution >= 0.6 is 23.2 Å². The highest BCUT2D eigenvalue weighted by Gasteiger charge is 2.20. The summed E-state index contributed by atoms with van der Waals surface area (Å²) in [4.78, 5) is 12.2. The molecular formula is C19H20Cl2N2O3S. The van der Waals surface area contributed by atoms with E-state index < -0.39 is 10.0 Å². The molecule has 0 aliphatic carbocycles. The van der Waals surface area contributed by atoms with Crippen LogP contribution in [0, 0.1) is 0 Å². The maximum atomic E-state index is 12.5. The molecule has 0 aliphatic rings. The second kappa shape index (κ2) is 9.37. The van der Waals surface area contributed by atoms with E-state index in [1.54, 1.807) is 44.2 Å². The van der Waals surface area contributed by atoms with Gasteiger partial charge < -0.3 is 5.32 Å². The number of nitrogens with zero attached hydrogens (tertiary/aromatic N) is 1. The monoisotopic (exact) mass is 426 g/mol. The Kier molecular flexibility index (Phi) is 7.44. The first kappa shape index (κ1) is 21.4. The van der Waals surface area contributed by atoms with Crippen LogP contribution in [0.2, 0.25) is 10.0 Å². The van der Waals surface area contributed by atoms with Gasteiger partial charge in [0.25, 0.3) is 0 Å². The van der Waals surface area contributed by atoms with Crippen molar-refractivity contribution < 1.29 is 13.2 Å². The van der Waals surface area contributed by atoms with E-state index in [0.29, 0.717) is 34.4 Å². The third-order valence-electron chi connectivity index (χ3n) is 3.84. The number of anilines is 1. The van der Waals surface area contributed by atoms with Gasteiger partial charge in [-0.2, -0.15) is 4.31 Å². The fourth-order valence-corrected chi connectivity index (χ4v) is 4.31. The maximum absolute atomic E-state index is 12.5. The van der Waals surface area contributed by atoms with Gasteiger partial charge in [-0.1, -0.05) is 49.2 Å². The van der Waals surface area contributed by atoms with Crippen LogP contribution in [0.3, 0.4) is 0 Å². The topological polar surface area (TPSA) is 66.5 Å². The lowest BCUT2D eigenvalue weighted by molar-refractivity contribution is -0.111. The van der Waals surface area contributed by atoms with E-state index in [2.05, 4.69) is 5.32 Å². The third-order valence-corrected chi connectivity index (χ3v) is 6.45. The number of sulfonamides is 1. The van der Waals surface area contributed by atoms with Gasteiger partial charge in [-0.25, -0.2) is 8.42 Å². The first-order valence-corrected chi connectivity index (χ1v) is 10.5. The Morgan fingerprint density at radius 2 is 1.70 bits per heavy atom. The van der Waals surface area contributed by atoms with Gasteiger partial charge in [0, 0.05) is 24.2 Å². The molecule has 0 fully saturated rings. The Morgan fingerprint density at radius 1 is 1.07 bits per heavy atom. The van der Waals surface area contributed by atoms with E-state index >= 15 is 0 Å². The summed E-state index contributed by atoms with van der Waals surface area (Å²) in [5, 5.41) is 3.48. The third kappa shape index (κ3) is 5.56. The highest BCUT2D eigenvalue weighted by atomic mass is 35.5. The standard InChI is InChI=1S/C19H20Cl2N2O3S/c1-3-23(4-2)27(25,26)16-9-5-14(6-10-16)7-12-19(24)22-18-11-8-15(20)13-17(18)21/h5-13H,3-4H2,1-2H3,(H,22,24). The molecule has 0 atom stereocenters. The van der Waals surface area contributed by atoms with Crippen molar-refractivity contribution in [1.29, 1.82) is 0 Å². The van der Waals surface area contributed by atoms with Crippen molar-refractivity contribution in [2.75, 3.05) is 18.4 Å². The predicted octanol–water partition coefficient (Wildman–Crippen LogP) is 4.68. The zero-order valence-corrected chi connectivity index (χ0v) is 17.3. The minimum atomic E-state index is -3.49. The molecule has 0 radical (unpaired) electrons. The molecule has 8 heteroatoms. The molecule has 0 aromatic heterocycles. The Bertz CT molecular complexity index is 938. The van der Waals surface area contributed by atoms with Crippen LogP contribution in [0.1, 0.15) is 19.4 Å². The molecule has 1 amide bonds. The summed E-state index contributed by atoms with van der Waals surface area (Å²) in [6, 6.07) is 11.1. The summed E-state index contributed by atoms with van der Waals surface area (Å²) in [5.41, 5.74) is 1.15. The number of benzene rings is 2. The summed E-state index contributed by atoms with van der Waals surface area (Å²) in [5.74, 6) is -0.362. The van der Waals surface area contributed by atoms with Crippen LogP contribution in [0.15, 0.2) is 53.4 Å². The van der Waals surface area contributed by atoms with Crippen LogP contribution in [0.5, 0.6) is 0 Å². The number of carbonyl (C=O) groups excluding carboxylic acids is 1. The van der Waals surface area contributed by atoms with E-state index in [0.717, 1.165) is 0 Å². The molecular weight excluding hydrogens is 407 g/mol. The molecule has 5 nitrogen and oxygen atoms in total. The van der Waals surface area contributed by atoms with Crippen LogP contribution < -0.4 is 5.32 Å². The zero-order valence-electron chi connectivity index (χ0n) is 14.9. The van der Waals surface area contributed by atoms with Crippen molar-refractivity contribution in [2.24, 2.45) is 0 Å². The van der Waals surface area contributed by atoms with E-state index in [4.69, 9.17) is 23.2 Å². The summed E-state index contributed by atoms with van der Waals surface area (Å²) < 4.78 is 26.3. The number of halogens is 2. The van der Waals surface area contributed by atoms with Crippen molar-refractivity contribution in [3.05, 3.63) is 64.1 Å². The smallest absolute Gasteiger partial charge is 0.248 e. The molecule has 0 spiro atoms. The normalized spacial score (nSPS) is 11.9. The quantitative estimate of drug-likeness (QED) is 0.653. The Hall–Kier alpha value is -1.86. The molecule has 0 aliphatic heterocycles.